The summed E-state index contributed by atoms with van der Waals surface area (Å²) in [6.45, 7) is 0. The third-order valence-corrected chi connectivity index (χ3v) is 2.14. The summed E-state index contributed by atoms with van der Waals surface area (Å²) in [6.07, 6.45) is -3.35. The minimum absolute atomic E-state index is 0.155. The zero-order chi connectivity index (χ0) is 11.9. The Bertz CT molecular complexity index is 559. The van der Waals surface area contributed by atoms with Crippen LogP contribution in [0, 0.1) is 0 Å². The number of H-pyrrole nitrogens is 1. The molecule has 0 aliphatic heterocycles. The molecular formula is C9H6F3N3O. The van der Waals surface area contributed by atoms with Gasteiger partial charge in [-0.15, -0.1) is 0 Å². The number of hydrogen-bond acceptors (Lipinski definition) is 2. The fourth-order valence-electron chi connectivity index (χ4n) is 1.42. The van der Waals surface area contributed by atoms with Gasteiger partial charge >= 0.3 is 6.18 Å². The van der Waals surface area contributed by atoms with Crippen molar-refractivity contribution in [1.29, 1.82) is 0 Å². The van der Waals surface area contributed by atoms with E-state index in [1.807, 2.05) is 0 Å². The zero-order valence-corrected chi connectivity index (χ0v) is 7.80. The molecule has 7 heteroatoms. The minimum atomic E-state index is -4.56. The van der Waals surface area contributed by atoms with Gasteiger partial charge < -0.3 is 5.73 Å². The van der Waals surface area contributed by atoms with Crippen LogP contribution in [-0.2, 0) is 6.18 Å². The van der Waals surface area contributed by atoms with E-state index in [1.165, 1.54) is 12.3 Å². The highest BCUT2D eigenvalue weighted by molar-refractivity contribution is 5.98. The topological polar surface area (TPSA) is 71.8 Å². The van der Waals surface area contributed by atoms with Crippen molar-refractivity contribution in [2.45, 2.75) is 6.18 Å². The first-order chi connectivity index (χ1) is 7.39. The molecule has 0 bridgehead atoms. The van der Waals surface area contributed by atoms with Crippen LogP contribution in [0.1, 0.15) is 15.9 Å². The van der Waals surface area contributed by atoms with Crippen molar-refractivity contribution in [2.24, 2.45) is 5.73 Å². The van der Waals surface area contributed by atoms with E-state index in [-0.39, 0.29) is 16.5 Å². The van der Waals surface area contributed by atoms with Gasteiger partial charge in [0.2, 0.25) is 5.91 Å². The molecule has 0 aliphatic carbocycles. The standard InChI is InChI=1S/C9H6F3N3O/c10-9(11,12)6-2-4(8(13)16)1-5-3-14-15-7(5)6/h1-3H,(H2,13,16)(H,14,15). The predicted octanol–water partition coefficient (Wildman–Crippen LogP) is 1.68. The summed E-state index contributed by atoms with van der Waals surface area (Å²) in [5.74, 6) is -0.909. The van der Waals surface area contributed by atoms with Crippen molar-refractivity contribution in [1.82, 2.24) is 10.2 Å². The molecule has 2 aromatic rings. The molecular weight excluding hydrogens is 223 g/mol. The molecule has 0 radical (unpaired) electrons. The maximum atomic E-state index is 12.6. The number of halogens is 3. The van der Waals surface area contributed by atoms with E-state index in [0.717, 1.165) is 0 Å². The molecule has 0 aliphatic rings. The van der Waals surface area contributed by atoms with Crippen LogP contribution in [0.5, 0.6) is 0 Å². The Hall–Kier alpha value is -2.05. The highest BCUT2D eigenvalue weighted by Gasteiger charge is 2.34. The molecule has 0 unspecified atom stereocenters. The number of amides is 1. The maximum absolute atomic E-state index is 12.6. The fraction of sp³-hybridized carbons (Fsp3) is 0.111. The average Bonchev–Trinajstić information content (AvgIpc) is 2.61. The molecule has 16 heavy (non-hydrogen) atoms. The van der Waals surface area contributed by atoms with Gasteiger partial charge in [-0.05, 0) is 12.1 Å². The lowest BCUT2D eigenvalue weighted by Crippen LogP contribution is -2.14. The number of benzene rings is 1. The van der Waals surface area contributed by atoms with Gasteiger partial charge in [-0.2, -0.15) is 18.3 Å². The number of nitrogens with one attached hydrogen (secondary N) is 1. The van der Waals surface area contributed by atoms with E-state index in [2.05, 4.69) is 10.2 Å². The van der Waals surface area contributed by atoms with E-state index in [0.29, 0.717) is 6.07 Å². The normalized spacial score (nSPS) is 11.9. The number of aromatic amines is 1. The summed E-state index contributed by atoms with van der Waals surface area (Å²) in [4.78, 5) is 10.9. The van der Waals surface area contributed by atoms with Crippen LogP contribution in [0.2, 0.25) is 0 Å². The Morgan fingerprint density at radius 3 is 2.62 bits per heavy atom. The van der Waals surface area contributed by atoms with Gasteiger partial charge in [0.15, 0.2) is 0 Å². The number of carbonyl (C=O) groups is 1. The summed E-state index contributed by atoms with van der Waals surface area (Å²) in [5, 5.41) is 5.94. The lowest BCUT2D eigenvalue weighted by Gasteiger charge is -2.08. The first kappa shape index (κ1) is 10.5. The van der Waals surface area contributed by atoms with Crippen LogP contribution in [0.25, 0.3) is 10.9 Å². The second kappa shape index (κ2) is 3.22. The van der Waals surface area contributed by atoms with Gasteiger partial charge in [-0.1, -0.05) is 0 Å². The van der Waals surface area contributed by atoms with Gasteiger partial charge in [0, 0.05) is 10.9 Å². The van der Waals surface area contributed by atoms with Gasteiger partial charge in [-0.25, -0.2) is 0 Å². The third-order valence-electron chi connectivity index (χ3n) is 2.14. The molecule has 1 aromatic carbocycles. The number of nitrogens with two attached hydrogens (primary N) is 1. The van der Waals surface area contributed by atoms with Crippen molar-refractivity contribution in [3.63, 3.8) is 0 Å². The zero-order valence-electron chi connectivity index (χ0n) is 7.80. The third kappa shape index (κ3) is 1.60. The van der Waals surface area contributed by atoms with E-state index >= 15 is 0 Å². The summed E-state index contributed by atoms with van der Waals surface area (Å²) in [6, 6.07) is 1.97. The summed E-state index contributed by atoms with van der Waals surface area (Å²) < 4.78 is 37.9. The monoisotopic (exact) mass is 229 g/mol. The first-order valence-electron chi connectivity index (χ1n) is 4.23. The Morgan fingerprint density at radius 2 is 2.06 bits per heavy atom. The van der Waals surface area contributed by atoms with Crippen LogP contribution < -0.4 is 5.73 Å². The second-order valence-corrected chi connectivity index (χ2v) is 3.22. The van der Waals surface area contributed by atoms with Crippen LogP contribution in [-0.4, -0.2) is 16.1 Å². The van der Waals surface area contributed by atoms with Crippen molar-refractivity contribution in [3.05, 3.63) is 29.5 Å². The number of hydrogen-bond donors (Lipinski definition) is 2. The minimum Gasteiger partial charge on any atom is -0.366 e. The Kier molecular flexibility index (Phi) is 2.11. The molecule has 0 fully saturated rings. The van der Waals surface area contributed by atoms with E-state index in [1.54, 1.807) is 0 Å². The lowest BCUT2D eigenvalue weighted by molar-refractivity contribution is -0.136. The summed E-state index contributed by atoms with van der Waals surface area (Å²) in [5.41, 5.74) is 3.65. The molecule has 84 valence electrons. The van der Waals surface area contributed by atoms with E-state index < -0.39 is 17.6 Å². The smallest absolute Gasteiger partial charge is 0.366 e. The van der Waals surface area contributed by atoms with E-state index in [4.69, 9.17) is 5.73 Å². The first-order valence-corrected chi connectivity index (χ1v) is 4.23. The molecule has 0 saturated heterocycles. The number of primary amides is 1. The molecule has 4 nitrogen and oxygen atoms in total. The van der Waals surface area contributed by atoms with Gasteiger partial charge in [-0.3, -0.25) is 9.89 Å². The van der Waals surface area contributed by atoms with Crippen molar-refractivity contribution < 1.29 is 18.0 Å². The average molecular weight is 229 g/mol. The maximum Gasteiger partial charge on any atom is 0.418 e. The number of nitrogens with zero attached hydrogens (tertiary/aromatic N) is 1. The largest absolute Gasteiger partial charge is 0.418 e. The van der Waals surface area contributed by atoms with Crippen LogP contribution in [0.3, 0.4) is 0 Å². The summed E-state index contributed by atoms with van der Waals surface area (Å²) >= 11 is 0. The molecule has 2 rings (SSSR count). The van der Waals surface area contributed by atoms with Crippen LogP contribution in [0.4, 0.5) is 13.2 Å². The number of fused-ring (bicyclic) bond motifs is 1. The Balaban J connectivity index is 2.79. The molecule has 3 N–H and O–H groups in total. The van der Waals surface area contributed by atoms with Crippen LogP contribution >= 0.6 is 0 Å². The van der Waals surface area contributed by atoms with Crippen molar-refractivity contribution >= 4 is 16.8 Å². The highest BCUT2D eigenvalue weighted by atomic mass is 19.4. The quantitative estimate of drug-likeness (QED) is 0.780. The van der Waals surface area contributed by atoms with Crippen molar-refractivity contribution in [2.75, 3.05) is 0 Å². The second-order valence-electron chi connectivity index (χ2n) is 3.22. The highest BCUT2D eigenvalue weighted by Crippen LogP contribution is 2.34. The lowest BCUT2D eigenvalue weighted by atomic mass is 10.1. The SMILES string of the molecule is NC(=O)c1cc(C(F)(F)F)c2[nH]ncc2c1. The number of rotatable bonds is 1. The molecule has 1 aromatic heterocycles. The van der Waals surface area contributed by atoms with Crippen LogP contribution in [0.15, 0.2) is 18.3 Å². The van der Waals surface area contributed by atoms with Gasteiger partial charge in [0.25, 0.3) is 0 Å². The number of aromatic nitrogens is 2. The fourth-order valence-corrected chi connectivity index (χ4v) is 1.42. The molecule has 0 atom stereocenters. The Morgan fingerprint density at radius 1 is 1.38 bits per heavy atom. The molecule has 1 heterocycles. The predicted molar refractivity (Wildman–Crippen MR) is 49.6 cm³/mol. The van der Waals surface area contributed by atoms with Gasteiger partial charge in [0.05, 0.1) is 17.3 Å². The molecule has 1 amide bonds. The number of carbonyl (C=O) groups excluding carboxylic acids is 1. The van der Waals surface area contributed by atoms with E-state index in [9.17, 15) is 18.0 Å². The number of alkyl halides is 3. The molecule has 0 saturated carbocycles. The van der Waals surface area contributed by atoms with Crippen molar-refractivity contribution in [3.8, 4) is 0 Å². The molecule has 0 spiro atoms. The summed E-state index contributed by atoms with van der Waals surface area (Å²) in [7, 11) is 0. The van der Waals surface area contributed by atoms with Gasteiger partial charge in [0.1, 0.15) is 0 Å². The Labute approximate surface area is 87.2 Å².